The minimum Gasteiger partial charge on any atom is -0.478 e. The fraction of sp³-hybridized carbons (Fsp3) is 0.0714. The van der Waals surface area contributed by atoms with Crippen molar-refractivity contribution in [1.29, 1.82) is 0 Å². The average molecular weight is 254 g/mol. The summed E-state index contributed by atoms with van der Waals surface area (Å²) in [4.78, 5) is 11.0. The molecule has 0 aromatic heterocycles. The summed E-state index contributed by atoms with van der Waals surface area (Å²) in [5.41, 5.74) is 3.62. The number of hydrogen-bond donors (Lipinski definition) is 2. The summed E-state index contributed by atoms with van der Waals surface area (Å²) in [5.74, 6) is -0.953. The van der Waals surface area contributed by atoms with E-state index >= 15 is 0 Å². The van der Waals surface area contributed by atoms with Crippen LogP contribution in [-0.2, 0) is 11.3 Å². The van der Waals surface area contributed by atoms with Crippen LogP contribution in [-0.4, -0.2) is 23.2 Å². The minimum atomic E-state index is -0.953. The van der Waals surface area contributed by atoms with Gasteiger partial charge in [-0.2, -0.15) is 0 Å². The van der Waals surface area contributed by atoms with E-state index in [1.54, 1.807) is 18.2 Å². The van der Waals surface area contributed by atoms with Gasteiger partial charge in [0.2, 0.25) is 0 Å². The SMILES string of the molecule is O=C(O)c1cccc(-c2cccc3c2COB3O)c1. The summed E-state index contributed by atoms with van der Waals surface area (Å²) in [6.07, 6.45) is 0. The Morgan fingerprint density at radius 1 is 1.21 bits per heavy atom. The van der Waals surface area contributed by atoms with Gasteiger partial charge in [0.05, 0.1) is 12.2 Å². The van der Waals surface area contributed by atoms with Crippen molar-refractivity contribution in [2.24, 2.45) is 0 Å². The molecule has 0 fully saturated rings. The molecule has 2 N–H and O–H groups in total. The first-order valence-corrected chi connectivity index (χ1v) is 5.92. The monoisotopic (exact) mass is 254 g/mol. The van der Waals surface area contributed by atoms with Gasteiger partial charge in [0, 0.05) is 0 Å². The van der Waals surface area contributed by atoms with Crippen LogP contribution in [0.4, 0.5) is 0 Å². The summed E-state index contributed by atoms with van der Waals surface area (Å²) < 4.78 is 5.20. The Kier molecular flexibility index (Phi) is 2.85. The zero-order valence-electron chi connectivity index (χ0n) is 10.0. The lowest BCUT2D eigenvalue weighted by Crippen LogP contribution is -2.27. The van der Waals surface area contributed by atoms with Crippen molar-refractivity contribution in [2.45, 2.75) is 6.61 Å². The lowest BCUT2D eigenvalue weighted by atomic mass is 9.77. The Labute approximate surface area is 110 Å². The molecule has 2 aromatic rings. The Hall–Kier alpha value is -2.11. The molecular formula is C14H11BO4. The Bertz CT molecular complexity index is 654. The van der Waals surface area contributed by atoms with Crippen LogP contribution in [0, 0.1) is 0 Å². The molecule has 1 heterocycles. The van der Waals surface area contributed by atoms with Crippen LogP contribution in [0.1, 0.15) is 15.9 Å². The smallest absolute Gasteiger partial charge is 0.478 e. The lowest BCUT2D eigenvalue weighted by Gasteiger charge is -2.08. The maximum Gasteiger partial charge on any atom is 0.491 e. The highest BCUT2D eigenvalue weighted by molar-refractivity contribution is 6.61. The fourth-order valence-corrected chi connectivity index (χ4v) is 2.34. The van der Waals surface area contributed by atoms with Crippen molar-refractivity contribution in [1.82, 2.24) is 0 Å². The van der Waals surface area contributed by atoms with Crippen LogP contribution in [0.25, 0.3) is 11.1 Å². The van der Waals surface area contributed by atoms with E-state index in [2.05, 4.69) is 0 Å². The molecule has 1 aliphatic heterocycles. The normalized spacial score (nSPS) is 13.4. The predicted octanol–water partition coefficient (Wildman–Crippen LogP) is 1.27. The van der Waals surface area contributed by atoms with Gasteiger partial charge in [-0.25, -0.2) is 4.79 Å². The van der Waals surface area contributed by atoms with Crippen LogP contribution in [0.3, 0.4) is 0 Å². The van der Waals surface area contributed by atoms with Gasteiger partial charge < -0.3 is 14.8 Å². The Morgan fingerprint density at radius 3 is 2.79 bits per heavy atom. The van der Waals surface area contributed by atoms with Crippen LogP contribution in [0.15, 0.2) is 42.5 Å². The fourth-order valence-electron chi connectivity index (χ4n) is 2.34. The molecule has 0 bridgehead atoms. The molecule has 2 aromatic carbocycles. The summed E-state index contributed by atoms with van der Waals surface area (Å²) in [6.45, 7) is 0.337. The molecule has 0 atom stereocenters. The number of carboxylic acids is 1. The van der Waals surface area contributed by atoms with E-state index in [-0.39, 0.29) is 5.56 Å². The molecule has 0 spiro atoms. The van der Waals surface area contributed by atoms with E-state index in [9.17, 15) is 9.82 Å². The van der Waals surface area contributed by atoms with Crippen molar-refractivity contribution in [3.05, 3.63) is 53.6 Å². The van der Waals surface area contributed by atoms with E-state index < -0.39 is 13.1 Å². The van der Waals surface area contributed by atoms with E-state index in [0.29, 0.717) is 6.61 Å². The maximum atomic E-state index is 11.0. The van der Waals surface area contributed by atoms with Crippen molar-refractivity contribution >= 4 is 18.6 Å². The van der Waals surface area contributed by atoms with Crippen LogP contribution < -0.4 is 5.46 Å². The number of rotatable bonds is 2. The third-order valence-electron chi connectivity index (χ3n) is 3.28. The van der Waals surface area contributed by atoms with E-state index in [1.807, 2.05) is 24.3 Å². The molecule has 1 aliphatic rings. The topological polar surface area (TPSA) is 66.8 Å². The zero-order valence-corrected chi connectivity index (χ0v) is 10.0. The van der Waals surface area contributed by atoms with Gasteiger partial charge in [-0.15, -0.1) is 0 Å². The van der Waals surface area contributed by atoms with Crippen LogP contribution in [0.2, 0.25) is 0 Å². The first-order chi connectivity index (χ1) is 9.16. The second-order valence-electron chi connectivity index (χ2n) is 4.42. The molecule has 0 radical (unpaired) electrons. The number of hydrogen-bond acceptors (Lipinski definition) is 3. The van der Waals surface area contributed by atoms with Crippen LogP contribution in [0.5, 0.6) is 0 Å². The first kappa shape index (κ1) is 12.0. The summed E-state index contributed by atoms with van der Waals surface area (Å²) in [5, 5.41) is 18.7. The van der Waals surface area contributed by atoms with E-state index in [0.717, 1.165) is 22.2 Å². The number of fused-ring (bicyclic) bond motifs is 1. The largest absolute Gasteiger partial charge is 0.491 e. The zero-order chi connectivity index (χ0) is 13.4. The van der Waals surface area contributed by atoms with Gasteiger partial charge in [-0.1, -0.05) is 30.3 Å². The maximum absolute atomic E-state index is 11.0. The predicted molar refractivity (Wildman–Crippen MR) is 71.2 cm³/mol. The van der Waals surface area contributed by atoms with Gasteiger partial charge in [0.15, 0.2) is 0 Å². The van der Waals surface area contributed by atoms with Crippen molar-refractivity contribution in [3.8, 4) is 11.1 Å². The molecule has 0 unspecified atom stereocenters. The number of benzene rings is 2. The lowest BCUT2D eigenvalue weighted by molar-refractivity contribution is 0.0697. The molecule has 4 nitrogen and oxygen atoms in total. The number of carboxylic acid groups (broad SMARTS) is 1. The van der Waals surface area contributed by atoms with Gasteiger partial charge in [-0.3, -0.25) is 0 Å². The van der Waals surface area contributed by atoms with E-state index in [4.69, 9.17) is 9.76 Å². The highest BCUT2D eigenvalue weighted by Crippen LogP contribution is 2.26. The van der Waals surface area contributed by atoms with Crippen molar-refractivity contribution in [2.75, 3.05) is 0 Å². The highest BCUT2D eigenvalue weighted by Gasteiger charge is 2.29. The average Bonchev–Trinajstić information content (AvgIpc) is 2.81. The summed E-state index contributed by atoms with van der Waals surface area (Å²) in [7, 11) is -0.891. The van der Waals surface area contributed by atoms with Gasteiger partial charge in [-0.05, 0) is 34.3 Å². The molecule has 94 valence electrons. The molecule has 0 amide bonds. The van der Waals surface area contributed by atoms with Gasteiger partial charge in [0.1, 0.15) is 0 Å². The quantitative estimate of drug-likeness (QED) is 0.792. The number of carbonyl (C=O) groups is 1. The molecule has 5 heteroatoms. The third-order valence-corrected chi connectivity index (χ3v) is 3.28. The Balaban J connectivity index is 2.13. The minimum absolute atomic E-state index is 0.245. The van der Waals surface area contributed by atoms with Gasteiger partial charge in [0.25, 0.3) is 0 Å². The van der Waals surface area contributed by atoms with E-state index in [1.165, 1.54) is 0 Å². The molecule has 0 saturated carbocycles. The first-order valence-electron chi connectivity index (χ1n) is 5.92. The van der Waals surface area contributed by atoms with Crippen molar-refractivity contribution < 1.29 is 19.6 Å². The van der Waals surface area contributed by atoms with Gasteiger partial charge >= 0.3 is 13.1 Å². The van der Waals surface area contributed by atoms with Crippen molar-refractivity contribution in [3.63, 3.8) is 0 Å². The van der Waals surface area contributed by atoms with Crippen LogP contribution >= 0.6 is 0 Å². The second kappa shape index (κ2) is 4.53. The molecule has 19 heavy (non-hydrogen) atoms. The Morgan fingerprint density at radius 2 is 2.00 bits per heavy atom. The molecular weight excluding hydrogens is 243 g/mol. The molecule has 0 saturated heterocycles. The molecule has 0 aliphatic carbocycles. The number of aromatic carboxylic acids is 1. The second-order valence-corrected chi connectivity index (χ2v) is 4.42. The third kappa shape index (κ3) is 2.03. The molecule has 3 rings (SSSR count). The highest BCUT2D eigenvalue weighted by atomic mass is 16.5. The summed E-state index contributed by atoms with van der Waals surface area (Å²) >= 11 is 0. The standard InChI is InChI=1S/C14H11BO4/c16-14(17)10-4-1-3-9(7-10)11-5-2-6-13-12(11)8-19-15(13)18/h1-7,18H,8H2,(H,16,17). The summed E-state index contributed by atoms with van der Waals surface area (Å²) in [6, 6.07) is 12.3.